The van der Waals surface area contributed by atoms with Crippen molar-refractivity contribution in [1.29, 1.82) is 0 Å². The molecule has 0 saturated carbocycles. The molecule has 0 aliphatic carbocycles. The molecule has 0 spiro atoms. The van der Waals surface area contributed by atoms with E-state index < -0.39 is 11.7 Å². The first kappa shape index (κ1) is 22.4. The Hall–Kier alpha value is -3.81. The summed E-state index contributed by atoms with van der Waals surface area (Å²) in [5.74, 6) is 0.890. The number of nitrogens with one attached hydrogen (secondary N) is 1. The fraction of sp³-hybridized carbons (Fsp3) is 0.320. The van der Waals surface area contributed by atoms with Gasteiger partial charge in [-0.05, 0) is 57.9 Å². The minimum atomic E-state index is -0.625. The fourth-order valence-corrected chi connectivity index (χ4v) is 3.76. The number of amides is 2. The molecular formula is C25H28N4O4. The number of likely N-dealkylation sites (tertiary alicyclic amines) is 1. The van der Waals surface area contributed by atoms with Gasteiger partial charge in [0, 0.05) is 12.6 Å². The summed E-state index contributed by atoms with van der Waals surface area (Å²) >= 11 is 0. The van der Waals surface area contributed by atoms with E-state index in [0.717, 1.165) is 18.5 Å². The highest BCUT2D eigenvalue weighted by Gasteiger charge is 2.35. The number of anilines is 1. The number of rotatable bonds is 4. The fourth-order valence-electron chi connectivity index (χ4n) is 3.76. The number of aromatic nitrogens is 2. The standard InChI is InChI=1S/C25H28N4O4/c1-25(2,3)33-24(31)28-16-10-15-21(28)20-17-22(29(27-20)18-11-6-4-7-12-18)26-23(30)32-19-13-8-5-9-14-19/h4-9,11-14,17,21H,10,15-16H2,1-3H3,(H,26,30)/t21-/m0/s1. The molecule has 1 aromatic heterocycles. The van der Waals surface area contributed by atoms with Crippen LogP contribution in [0.3, 0.4) is 0 Å². The number of nitrogens with zero attached hydrogens (tertiary/aromatic N) is 3. The highest BCUT2D eigenvalue weighted by molar-refractivity contribution is 5.85. The van der Waals surface area contributed by atoms with Crippen LogP contribution >= 0.6 is 0 Å². The second-order valence-corrected chi connectivity index (χ2v) is 8.86. The molecule has 2 aromatic carbocycles. The van der Waals surface area contributed by atoms with Gasteiger partial charge in [0.25, 0.3) is 0 Å². The zero-order valence-corrected chi connectivity index (χ0v) is 19.0. The van der Waals surface area contributed by atoms with Gasteiger partial charge in [-0.15, -0.1) is 0 Å². The summed E-state index contributed by atoms with van der Waals surface area (Å²) in [7, 11) is 0. The average Bonchev–Trinajstić information content (AvgIpc) is 3.41. The van der Waals surface area contributed by atoms with E-state index >= 15 is 0 Å². The molecule has 1 fully saturated rings. The van der Waals surface area contributed by atoms with Crippen molar-refractivity contribution in [1.82, 2.24) is 14.7 Å². The van der Waals surface area contributed by atoms with Crippen LogP contribution < -0.4 is 10.1 Å². The maximum Gasteiger partial charge on any atom is 0.418 e. The summed E-state index contributed by atoms with van der Waals surface area (Å²) in [6.07, 6.45) is 0.623. The van der Waals surface area contributed by atoms with Crippen molar-refractivity contribution in [3.63, 3.8) is 0 Å². The molecular weight excluding hydrogens is 420 g/mol. The van der Waals surface area contributed by atoms with Crippen LogP contribution in [-0.4, -0.2) is 39.0 Å². The third kappa shape index (κ3) is 5.52. The Morgan fingerprint density at radius 1 is 1.03 bits per heavy atom. The molecule has 0 bridgehead atoms. The third-order valence-electron chi connectivity index (χ3n) is 5.14. The number of carbonyl (C=O) groups is 2. The lowest BCUT2D eigenvalue weighted by atomic mass is 10.1. The highest BCUT2D eigenvalue weighted by Crippen LogP contribution is 2.34. The van der Waals surface area contributed by atoms with Crippen LogP contribution in [0.25, 0.3) is 5.69 Å². The highest BCUT2D eigenvalue weighted by atomic mass is 16.6. The van der Waals surface area contributed by atoms with Crippen molar-refractivity contribution in [2.45, 2.75) is 45.3 Å². The monoisotopic (exact) mass is 448 g/mol. The van der Waals surface area contributed by atoms with E-state index in [1.54, 1.807) is 39.9 Å². The van der Waals surface area contributed by atoms with E-state index in [-0.39, 0.29) is 12.1 Å². The van der Waals surface area contributed by atoms with Gasteiger partial charge in [-0.3, -0.25) is 10.2 Å². The molecule has 2 heterocycles. The summed E-state index contributed by atoms with van der Waals surface area (Å²) in [4.78, 5) is 27.0. The van der Waals surface area contributed by atoms with Gasteiger partial charge in [-0.25, -0.2) is 14.3 Å². The van der Waals surface area contributed by atoms with E-state index in [4.69, 9.17) is 14.6 Å². The van der Waals surface area contributed by atoms with E-state index in [9.17, 15) is 9.59 Å². The first-order valence-corrected chi connectivity index (χ1v) is 11.0. The van der Waals surface area contributed by atoms with Crippen molar-refractivity contribution in [2.24, 2.45) is 0 Å². The summed E-state index contributed by atoms with van der Waals surface area (Å²) < 4.78 is 12.6. The number of hydrogen-bond donors (Lipinski definition) is 1. The van der Waals surface area contributed by atoms with Crippen LogP contribution in [0.1, 0.15) is 45.3 Å². The third-order valence-corrected chi connectivity index (χ3v) is 5.14. The summed E-state index contributed by atoms with van der Waals surface area (Å²) in [5.41, 5.74) is 0.874. The molecule has 8 heteroatoms. The second-order valence-electron chi connectivity index (χ2n) is 8.86. The Labute approximate surface area is 193 Å². The molecule has 3 aromatic rings. The number of carbonyl (C=O) groups excluding carboxylic acids is 2. The predicted molar refractivity (Wildman–Crippen MR) is 125 cm³/mol. The Balaban J connectivity index is 1.61. The van der Waals surface area contributed by atoms with Crippen LogP contribution in [0.2, 0.25) is 0 Å². The van der Waals surface area contributed by atoms with Gasteiger partial charge >= 0.3 is 12.2 Å². The van der Waals surface area contributed by atoms with E-state index in [0.29, 0.717) is 23.8 Å². The smallest absolute Gasteiger partial charge is 0.418 e. The Bertz CT molecular complexity index is 1110. The lowest BCUT2D eigenvalue weighted by Crippen LogP contribution is -2.36. The molecule has 8 nitrogen and oxygen atoms in total. The van der Waals surface area contributed by atoms with Gasteiger partial charge in [0.05, 0.1) is 17.4 Å². The van der Waals surface area contributed by atoms with Crippen molar-refractivity contribution in [3.05, 3.63) is 72.4 Å². The van der Waals surface area contributed by atoms with Crippen molar-refractivity contribution in [3.8, 4) is 11.4 Å². The molecule has 33 heavy (non-hydrogen) atoms. The van der Waals surface area contributed by atoms with Crippen molar-refractivity contribution >= 4 is 18.0 Å². The molecule has 0 unspecified atom stereocenters. The second kappa shape index (κ2) is 9.36. The van der Waals surface area contributed by atoms with Crippen LogP contribution in [0, 0.1) is 0 Å². The largest absolute Gasteiger partial charge is 0.444 e. The van der Waals surface area contributed by atoms with Crippen LogP contribution in [0.15, 0.2) is 66.7 Å². The van der Waals surface area contributed by atoms with E-state index in [1.807, 2.05) is 57.2 Å². The Kier molecular flexibility index (Phi) is 6.35. The minimum Gasteiger partial charge on any atom is -0.444 e. The van der Waals surface area contributed by atoms with Crippen molar-refractivity contribution < 1.29 is 19.1 Å². The molecule has 2 amide bonds. The molecule has 1 N–H and O–H groups in total. The topological polar surface area (TPSA) is 85.7 Å². The quantitative estimate of drug-likeness (QED) is 0.565. The molecule has 1 saturated heterocycles. The van der Waals surface area contributed by atoms with E-state index in [1.165, 1.54) is 0 Å². The summed E-state index contributed by atoms with van der Waals surface area (Å²) in [5, 5.41) is 7.54. The Morgan fingerprint density at radius 2 is 1.70 bits per heavy atom. The average molecular weight is 449 g/mol. The van der Waals surface area contributed by atoms with E-state index in [2.05, 4.69) is 5.32 Å². The minimum absolute atomic E-state index is 0.240. The molecule has 4 rings (SSSR count). The first-order valence-electron chi connectivity index (χ1n) is 11.0. The molecule has 1 atom stereocenters. The van der Waals surface area contributed by atoms with Gasteiger partial charge in [-0.2, -0.15) is 5.10 Å². The van der Waals surface area contributed by atoms with Crippen LogP contribution in [0.4, 0.5) is 15.4 Å². The SMILES string of the molecule is CC(C)(C)OC(=O)N1CCC[C@H]1c1cc(NC(=O)Oc2ccccc2)n(-c2ccccc2)n1. The van der Waals surface area contributed by atoms with Gasteiger partial charge in [-0.1, -0.05) is 36.4 Å². The lowest BCUT2D eigenvalue weighted by Gasteiger charge is -2.27. The molecule has 0 radical (unpaired) electrons. The lowest BCUT2D eigenvalue weighted by molar-refractivity contribution is 0.0221. The number of hydrogen-bond acceptors (Lipinski definition) is 5. The predicted octanol–water partition coefficient (Wildman–Crippen LogP) is 5.56. The van der Waals surface area contributed by atoms with Crippen molar-refractivity contribution in [2.75, 3.05) is 11.9 Å². The van der Waals surface area contributed by atoms with Gasteiger partial charge in [0.1, 0.15) is 17.2 Å². The molecule has 1 aliphatic rings. The summed E-state index contributed by atoms with van der Waals surface area (Å²) in [6, 6.07) is 19.9. The molecule has 1 aliphatic heterocycles. The number of ether oxygens (including phenoxy) is 2. The summed E-state index contributed by atoms with van der Waals surface area (Å²) in [6.45, 7) is 6.14. The van der Waals surface area contributed by atoms with Gasteiger partial charge in [0.2, 0.25) is 0 Å². The zero-order chi connectivity index (χ0) is 23.4. The first-order chi connectivity index (χ1) is 15.8. The maximum absolute atomic E-state index is 12.8. The van der Waals surface area contributed by atoms with Crippen LogP contribution in [-0.2, 0) is 4.74 Å². The number of para-hydroxylation sites is 2. The molecule has 172 valence electrons. The number of benzene rings is 2. The zero-order valence-electron chi connectivity index (χ0n) is 19.0. The van der Waals surface area contributed by atoms with Gasteiger partial charge in [0.15, 0.2) is 0 Å². The normalized spacial score (nSPS) is 15.8. The van der Waals surface area contributed by atoms with Gasteiger partial charge < -0.3 is 9.47 Å². The Morgan fingerprint density at radius 3 is 2.36 bits per heavy atom. The van der Waals surface area contributed by atoms with Crippen LogP contribution in [0.5, 0.6) is 5.75 Å². The maximum atomic E-state index is 12.8.